The van der Waals surface area contributed by atoms with Gasteiger partial charge in [0.1, 0.15) is 0 Å². The topological polar surface area (TPSA) is 91.4 Å². The number of urea groups is 1. The molecule has 1 saturated heterocycles. The van der Waals surface area contributed by atoms with E-state index in [-0.39, 0.29) is 12.1 Å². The van der Waals surface area contributed by atoms with E-state index in [1.54, 1.807) is 0 Å². The third-order valence-electron chi connectivity index (χ3n) is 4.37. The quantitative estimate of drug-likeness (QED) is 0.875. The number of carbonyl (C=O) groups excluding carboxylic acids is 1. The average molecular weight is 362 g/mol. The summed E-state index contributed by atoms with van der Waals surface area (Å²) in [5.41, 5.74) is 2.30. The van der Waals surface area contributed by atoms with Crippen molar-refractivity contribution in [2.75, 3.05) is 24.7 Å². The summed E-state index contributed by atoms with van der Waals surface area (Å²) < 4.78 is 24.5. The van der Waals surface area contributed by atoms with Gasteiger partial charge in [0, 0.05) is 30.2 Å². The number of sulfonamides is 1. The monoisotopic (exact) mass is 362 g/mol. The van der Waals surface area contributed by atoms with Gasteiger partial charge >= 0.3 is 6.03 Å². The minimum Gasteiger partial charge on any atom is -0.335 e. The Bertz CT molecular complexity index is 890. The average Bonchev–Trinajstić information content (AvgIpc) is 2.55. The molecule has 25 heavy (non-hydrogen) atoms. The summed E-state index contributed by atoms with van der Waals surface area (Å²) in [5.74, 6) is 0. The number of aromatic nitrogens is 1. The highest BCUT2D eigenvalue weighted by Crippen LogP contribution is 2.22. The predicted molar refractivity (Wildman–Crippen MR) is 98.1 cm³/mol. The number of amides is 2. The van der Waals surface area contributed by atoms with Gasteiger partial charge in [-0.3, -0.25) is 4.98 Å². The summed E-state index contributed by atoms with van der Waals surface area (Å²) in [7, 11) is -3.16. The Morgan fingerprint density at radius 2 is 1.92 bits per heavy atom. The Morgan fingerprint density at radius 3 is 2.60 bits per heavy atom. The van der Waals surface area contributed by atoms with Gasteiger partial charge in [0.15, 0.2) is 0 Å². The molecule has 0 atom stereocenters. The molecule has 1 aliphatic heterocycles. The highest BCUT2D eigenvalue weighted by Gasteiger charge is 2.25. The smallest absolute Gasteiger partial charge is 0.319 e. The third kappa shape index (κ3) is 4.26. The molecule has 0 radical (unpaired) electrons. The molecule has 1 aromatic carbocycles. The Labute approximate surface area is 147 Å². The molecule has 0 aliphatic carbocycles. The standard InChI is InChI=1S/C17H22N4O3S/c1-12-6-7-13-4-3-5-15(16(13)18-12)20-17(22)19-14-8-10-21(11-9-14)25(2,23)24/h3-7,14H,8-11H2,1-2H3,(H2,19,20,22). The number of benzene rings is 1. The summed E-state index contributed by atoms with van der Waals surface area (Å²) in [4.78, 5) is 16.8. The molecule has 2 aromatic rings. The number of nitrogens with zero attached hydrogens (tertiary/aromatic N) is 2. The molecule has 0 bridgehead atoms. The maximum atomic E-state index is 12.3. The van der Waals surface area contributed by atoms with Crippen LogP contribution in [0, 0.1) is 6.92 Å². The second kappa shape index (κ2) is 6.97. The van der Waals surface area contributed by atoms with Gasteiger partial charge in [0.05, 0.1) is 17.5 Å². The van der Waals surface area contributed by atoms with Crippen molar-refractivity contribution in [3.05, 3.63) is 36.0 Å². The largest absolute Gasteiger partial charge is 0.335 e. The second-order valence-electron chi connectivity index (χ2n) is 6.36. The minimum absolute atomic E-state index is 0.0392. The van der Waals surface area contributed by atoms with Crippen molar-refractivity contribution < 1.29 is 13.2 Å². The van der Waals surface area contributed by atoms with E-state index >= 15 is 0 Å². The lowest BCUT2D eigenvalue weighted by Crippen LogP contribution is -2.47. The van der Waals surface area contributed by atoms with Crippen molar-refractivity contribution in [3.8, 4) is 0 Å². The Kier molecular flexibility index (Phi) is 4.91. The van der Waals surface area contributed by atoms with E-state index in [1.165, 1.54) is 10.6 Å². The SMILES string of the molecule is Cc1ccc2cccc(NC(=O)NC3CCN(S(C)(=O)=O)CC3)c2n1. The van der Waals surface area contributed by atoms with Gasteiger partial charge in [-0.1, -0.05) is 18.2 Å². The number of aryl methyl sites for hydroxylation is 1. The fourth-order valence-corrected chi connectivity index (χ4v) is 3.90. The van der Waals surface area contributed by atoms with Crippen LogP contribution in [0.5, 0.6) is 0 Å². The van der Waals surface area contributed by atoms with Crippen LogP contribution in [0.2, 0.25) is 0 Å². The summed E-state index contributed by atoms with van der Waals surface area (Å²) >= 11 is 0. The number of piperidine rings is 1. The lowest BCUT2D eigenvalue weighted by atomic mass is 10.1. The molecule has 0 saturated carbocycles. The van der Waals surface area contributed by atoms with Crippen molar-refractivity contribution >= 4 is 32.6 Å². The molecular formula is C17H22N4O3S. The van der Waals surface area contributed by atoms with Crippen molar-refractivity contribution in [1.82, 2.24) is 14.6 Å². The molecule has 2 amide bonds. The molecule has 134 valence electrons. The van der Waals surface area contributed by atoms with Crippen LogP contribution in [0.4, 0.5) is 10.5 Å². The first-order valence-electron chi connectivity index (χ1n) is 8.22. The molecular weight excluding hydrogens is 340 g/mol. The van der Waals surface area contributed by atoms with Crippen LogP contribution >= 0.6 is 0 Å². The van der Waals surface area contributed by atoms with Crippen LogP contribution in [-0.2, 0) is 10.0 Å². The van der Waals surface area contributed by atoms with Gasteiger partial charge < -0.3 is 10.6 Å². The molecule has 0 unspecified atom stereocenters. The highest BCUT2D eigenvalue weighted by molar-refractivity contribution is 7.88. The summed E-state index contributed by atoms with van der Waals surface area (Å²) in [6.45, 7) is 2.77. The van der Waals surface area contributed by atoms with Crippen LogP contribution < -0.4 is 10.6 Å². The lowest BCUT2D eigenvalue weighted by Gasteiger charge is -2.30. The number of hydrogen-bond acceptors (Lipinski definition) is 4. The normalized spacial score (nSPS) is 16.7. The van der Waals surface area contributed by atoms with E-state index in [9.17, 15) is 13.2 Å². The third-order valence-corrected chi connectivity index (χ3v) is 5.67. The molecule has 1 aromatic heterocycles. The number of fused-ring (bicyclic) bond motifs is 1. The number of nitrogens with one attached hydrogen (secondary N) is 2. The van der Waals surface area contributed by atoms with Gasteiger partial charge in [-0.2, -0.15) is 0 Å². The number of anilines is 1. The van der Waals surface area contributed by atoms with Crippen LogP contribution in [0.25, 0.3) is 10.9 Å². The number of pyridine rings is 1. The Balaban J connectivity index is 1.63. The summed E-state index contributed by atoms with van der Waals surface area (Å²) in [6.07, 6.45) is 2.42. The zero-order valence-corrected chi connectivity index (χ0v) is 15.1. The van der Waals surface area contributed by atoms with E-state index < -0.39 is 10.0 Å². The summed E-state index contributed by atoms with van der Waals surface area (Å²) in [5, 5.41) is 6.74. The molecule has 1 aliphatic rings. The molecule has 2 N–H and O–H groups in total. The van der Waals surface area contributed by atoms with E-state index in [1.807, 2.05) is 37.3 Å². The minimum atomic E-state index is -3.16. The first-order valence-corrected chi connectivity index (χ1v) is 10.1. The maximum absolute atomic E-state index is 12.3. The van der Waals surface area contributed by atoms with Gasteiger partial charge in [-0.15, -0.1) is 0 Å². The molecule has 3 rings (SSSR count). The Hall–Kier alpha value is -2.19. The van der Waals surface area contributed by atoms with Gasteiger partial charge in [0.25, 0.3) is 0 Å². The second-order valence-corrected chi connectivity index (χ2v) is 8.35. The lowest BCUT2D eigenvalue weighted by molar-refractivity contribution is 0.238. The van der Waals surface area contributed by atoms with E-state index in [2.05, 4.69) is 15.6 Å². The van der Waals surface area contributed by atoms with Gasteiger partial charge in [-0.25, -0.2) is 17.5 Å². The molecule has 8 heteroatoms. The highest BCUT2D eigenvalue weighted by atomic mass is 32.2. The molecule has 1 fully saturated rings. The van der Waals surface area contributed by atoms with Gasteiger partial charge in [0.2, 0.25) is 10.0 Å². The predicted octanol–water partition coefficient (Wildman–Crippen LogP) is 2.09. The number of carbonyl (C=O) groups is 1. The van der Waals surface area contributed by atoms with E-state index in [0.29, 0.717) is 31.6 Å². The molecule has 7 nitrogen and oxygen atoms in total. The zero-order valence-electron chi connectivity index (χ0n) is 14.3. The van der Waals surface area contributed by atoms with Crippen molar-refractivity contribution in [1.29, 1.82) is 0 Å². The van der Waals surface area contributed by atoms with Crippen LogP contribution in [0.15, 0.2) is 30.3 Å². The van der Waals surface area contributed by atoms with Crippen LogP contribution in [0.1, 0.15) is 18.5 Å². The van der Waals surface area contributed by atoms with Crippen LogP contribution in [-0.4, -0.2) is 49.1 Å². The summed E-state index contributed by atoms with van der Waals surface area (Å²) in [6, 6.07) is 9.21. The van der Waals surface area contributed by atoms with Crippen molar-refractivity contribution in [3.63, 3.8) is 0 Å². The first kappa shape index (κ1) is 17.6. The van der Waals surface area contributed by atoms with Crippen molar-refractivity contribution in [2.24, 2.45) is 0 Å². The fraction of sp³-hybridized carbons (Fsp3) is 0.412. The van der Waals surface area contributed by atoms with E-state index in [4.69, 9.17) is 0 Å². The first-order chi connectivity index (χ1) is 11.8. The van der Waals surface area contributed by atoms with Crippen molar-refractivity contribution in [2.45, 2.75) is 25.8 Å². The Morgan fingerprint density at radius 1 is 1.20 bits per heavy atom. The molecule has 2 heterocycles. The number of hydrogen-bond donors (Lipinski definition) is 2. The zero-order chi connectivity index (χ0) is 18.0. The number of para-hydroxylation sites is 1. The van der Waals surface area contributed by atoms with Crippen LogP contribution in [0.3, 0.4) is 0 Å². The molecule has 0 spiro atoms. The maximum Gasteiger partial charge on any atom is 0.319 e. The van der Waals surface area contributed by atoms with E-state index in [0.717, 1.165) is 16.6 Å². The van der Waals surface area contributed by atoms with Gasteiger partial charge in [-0.05, 0) is 31.9 Å². The fourth-order valence-electron chi connectivity index (χ4n) is 3.02. The number of rotatable bonds is 3.